The second-order valence-electron chi connectivity index (χ2n) is 5.61. The van der Waals surface area contributed by atoms with E-state index in [1.165, 1.54) is 24.4 Å². The summed E-state index contributed by atoms with van der Waals surface area (Å²) in [4.78, 5) is 38.2. The van der Waals surface area contributed by atoms with Gasteiger partial charge in [-0.05, 0) is 35.5 Å². The highest BCUT2D eigenvalue weighted by Gasteiger charge is 2.25. The van der Waals surface area contributed by atoms with Crippen LogP contribution in [0.2, 0.25) is 0 Å². The number of imide groups is 1. The fourth-order valence-electron chi connectivity index (χ4n) is 2.67. The number of thioether (sulfide) groups is 1. The lowest BCUT2D eigenvalue weighted by molar-refractivity contribution is -0.115. The van der Waals surface area contributed by atoms with Crippen LogP contribution in [-0.4, -0.2) is 27.2 Å². The van der Waals surface area contributed by atoms with E-state index in [-0.39, 0.29) is 4.91 Å². The van der Waals surface area contributed by atoms with Crippen LogP contribution < -0.4 is 5.32 Å². The number of halogens is 1. The van der Waals surface area contributed by atoms with Gasteiger partial charge in [-0.15, -0.1) is 0 Å². The highest BCUT2D eigenvalue weighted by molar-refractivity contribution is 8.18. The van der Waals surface area contributed by atoms with Crippen LogP contribution in [0.4, 0.5) is 9.18 Å². The first-order valence-electron chi connectivity index (χ1n) is 7.58. The Balaban J connectivity index is 1.79. The summed E-state index contributed by atoms with van der Waals surface area (Å²) in [6.45, 7) is 0. The quantitative estimate of drug-likeness (QED) is 0.663. The number of pyridine rings is 1. The summed E-state index contributed by atoms with van der Waals surface area (Å²) in [5.41, 5.74) is 0.826. The molecule has 1 aliphatic rings. The molecule has 0 radical (unpaired) electrons. The summed E-state index contributed by atoms with van der Waals surface area (Å²) in [6.07, 6.45) is 4.45. The minimum absolute atomic E-state index is 0.199. The highest BCUT2D eigenvalue weighted by Crippen LogP contribution is 2.33. The number of benzene rings is 1. The van der Waals surface area contributed by atoms with Crippen LogP contribution in [0.5, 0.6) is 0 Å². The summed E-state index contributed by atoms with van der Waals surface area (Å²) in [7, 11) is 0. The van der Waals surface area contributed by atoms with Crippen molar-refractivity contribution in [3.63, 3.8) is 0 Å². The molecule has 1 saturated heterocycles. The number of hydrogen-bond acceptors (Lipinski definition) is 6. The average Bonchev–Trinajstić information content (AvgIpc) is 3.16. The smallest absolute Gasteiger partial charge is 0.338 e. The van der Waals surface area contributed by atoms with E-state index < -0.39 is 28.5 Å². The van der Waals surface area contributed by atoms with Gasteiger partial charge in [0.05, 0.1) is 10.5 Å². The molecule has 1 aliphatic heterocycles. The first kappa shape index (κ1) is 17.0. The van der Waals surface area contributed by atoms with E-state index in [0.29, 0.717) is 27.9 Å². The fourth-order valence-corrected chi connectivity index (χ4v) is 3.33. The first-order chi connectivity index (χ1) is 12.9. The molecular formula is C18H9FN2O5S. The predicted molar refractivity (Wildman–Crippen MR) is 95.5 cm³/mol. The van der Waals surface area contributed by atoms with Gasteiger partial charge >= 0.3 is 5.97 Å². The van der Waals surface area contributed by atoms with Crippen molar-refractivity contribution in [2.24, 2.45) is 0 Å². The highest BCUT2D eigenvalue weighted by atomic mass is 32.2. The zero-order chi connectivity index (χ0) is 19.1. The molecule has 2 amide bonds. The predicted octanol–water partition coefficient (Wildman–Crippen LogP) is 3.66. The van der Waals surface area contributed by atoms with Crippen molar-refractivity contribution in [2.75, 3.05) is 0 Å². The van der Waals surface area contributed by atoms with Gasteiger partial charge in [0, 0.05) is 29.4 Å². The van der Waals surface area contributed by atoms with Crippen LogP contribution in [0.1, 0.15) is 16.1 Å². The summed E-state index contributed by atoms with van der Waals surface area (Å²) in [5.74, 6) is -2.41. The first-order valence-corrected chi connectivity index (χ1v) is 8.39. The molecule has 9 heteroatoms. The third kappa shape index (κ3) is 3.08. The third-order valence-corrected chi connectivity index (χ3v) is 4.68. The number of fused-ring (bicyclic) bond motifs is 1. The molecule has 0 saturated carbocycles. The summed E-state index contributed by atoms with van der Waals surface area (Å²) < 4.78 is 19.8. The van der Waals surface area contributed by atoms with E-state index >= 15 is 0 Å². The molecule has 134 valence electrons. The van der Waals surface area contributed by atoms with Crippen LogP contribution in [0, 0.1) is 5.82 Å². The Labute approximate surface area is 154 Å². The monoisotopic (exact) mass is 384 g/mol. The number of nitrogens with zero attached hydrogens (tertiary/aromatic N) is 1. The van der Waals surface area contributed by atoms with Gasteiger partial charge in [0.25, 0.3) is 11.1 Å². The van der Waals surface area contributed by atoms with Crippen LogP contribution in [0.15, 0.2) is 46.0 Å². The van der Waals surface area contributed by atoms with Gasteiger partial charge in [-0.2, -0.15) is 0 Å². The van der Waals surface area contributed by atoms with E-state index in [0.717, 1.165) is 17.8 Å². The topological polar surface area (TPSA) is 110 Å². The SMILES string of the molecule is O=C1NC(=O)/C(=C\c2cc3cncc(-c4ccc(C(=O)O)c(F)c4)c3o2)S1. The number of amides is 2. The zero-order valence-electron chi connectivity index (χ0n) is 13.4. The van der Waals surface area contributed by atoms with Crippen LogP contribution in [-0.2, 0) is 4.79 Å². The summed E-state index contributed by atoms with van der Waals surface area (Å²) in [5, 5.41) is 11.2. The molecule has 0 unspecified atom stereocenters. The number of aromatic carboxylic acids is 1. The second-order valence-corrected chi connectivity index (χ2v) is 6.62. The lowest BCUT2D eigenvalue weighted by atomic mass is 10.0. The molecule has 27 heavy (non-hydrogen) atoms. The molecule has 3 aromatic rings. The van der Waals surface area contributed by atoms with E-state index in [1.807, 2.05) is 0 Å². The molecule has 2 N–H and O–H groups in total. The zero-order valence-corrected chi connectivity index (χ0v) is 14.2. The number of furan rings is 1. The molecular weight excluding hydrogens is 375 g/mol. The number of carboxylic acid groups (broad SMARTS) is 1. The molecule has 7 nitrogen and oxygen atoms in total. The van der Waals surface area contributed by atoms with Crippen LogP contribution in [0.25, 0.3) is 28.2 Å². The minimum Gasteiger partial charge on any atom is -0.478 e. The number of hydrogen-bond donors (Lipinski definition) is 2. The Morgan fingerprint density at radius 1 is 1.26 bits per heavy atom. The number of carbonyl (C=O) groups is 3. The van der Waals surface area contributed by atoms with Gasteiger partial charge in [-0.3, -0.25) is 19.9 Å². The maximum absolute atomic E-state index is 14.0. The molecule has 1 fully saturated rings. The van der Waals surface area contributed by atoms with Crippen LogP contribution >= 0.6 is 11.8 Å². The average molecular weight is 384 g/mol. The van der Waals surface area contributed by atoms with Gasteiger partial charge in [0.15, 0.2) is 0 Å². The Kier molecular flexibility index (Phi) is 4.00. The number of carboxylic acids is 1. The Morgan fingerprint density at radius 3 is 2.74 bits per heavy atom. The molecule has 0 spiro atoms. The molecule has 4 rings (SSSR count). The molecule has 1 aromatic carbocycles. The Morgan fingerprint density at radius 2 is 2.07 bits per heavy atom. The minimum atomic E-state index is -1.36. The lowest BCUT2D eigenvalue weighted by Crippen LogP contribution is -2.17. The normalized spacial score (nSPS) is 15.5. The third-order valence-electron chi connectivity index (χ3n) is 3.87. The maximum atomic E-state index is 14.0. The molecule has 2 aromatic heterocycles. The Hall–Kier alpha value is -3.46. The maximum Gasteiger partial charge on any atom is 0.338 e. The Bertz CT molecular complexity index is 1170. The van der Waals surface area contributed by atoms with E-state index in [4.69, 9.17) is 9.52 Å². The van der Waals surface area contributed by atoms with Crippen molar-refractivity contribution in [2.45, 2.75) is 0 Å². The standard InChI is InChI=1S/C18H9FN2O5S/c19-13-4-8(1-2-11(13)17(23)24)12-7-20-6-9-3-10(26-15(9)12)5-14-16(22)21-18(25)27-14/h1-7H,(H,23,24)(H,21,22,25)/b14-5+. The molecule has 0 atom stereocenters. The van der Waals surface area contributed by atoms with Crippen molar-refractivity contribution < 1.29 is 28.3 Å². The second kappa shape index (κ2) is 6.36. The summed E-state index contributed by atoms with van der Waals surface area (Å²) >= 11 is 0.766. The number of carbonyl (C=O) groups excluding carboxylic acids is 2. The van der Waals surface area contributed by atoms with Gasteiger partial charge in [0.2, 0.25) is 0 Å². The van der Waals surface area contributed by atoms with Gasteiger partial charge in [0.1, 0.15) is 17.2 Å². The van der Waals surface area contributed by atoms with Gasteiger partial charge in [-0.1, -0.05) is 6.07 Å². The lowest BCUT2D eigenvalue weighted by Gasteiger charge is -2.04. The van der Waals surface area contributed by atoms with E-state index in [2.05, 4.69) is 10.3 Å². The largest absolute Gasteiger partial charge is 0.478 e. The molecule has 0 aliphatic carbocycles. The fraction of sp³-hybridized carbons (Fsp3) is 0. The van der Waals surface area contributed by atoms with Crippen molar-refractivity contribution in [1.29, 1.82) is 0 Å². The van der Waals surface area contributed by atoms with Crippen molar-refractivity contribution >= 4 is 45.9 Å². The molecule has 0 bridgehead atoms. The molecule has 3 heterocycles. The number of nitrogens with one attached hydrogen (secondary N) is 1. The number of aromatic nitrogens is 1. The summed E-state index contributed by atoms with van der Waals surface area (Å²) in [6, 6.07) is 5.36. The van der Waals surface area contributed by atoms with E-state index in [9.17, 15) is 18.8 Å². The van der Waals surface area contributed by atoms with Crippen molar-refractivity contribution in [3.8, 4) is 11.1 Å². The van der Waals surface area contributed by atoms with Gasteiger partial charge in [-0.25, -0.2) is 9.18 Å². The number of rotatable bonds is 3. The van der Waals surface area contributed by atoms with E-state index in [1.54, 1.807) is 12.3 Å². The van der Waals surface area contributed by atoms with Crippen molar-refractivity contribution in [1.82, 2.24) is 10.3 Å². The van der Waals surface area contributed by atoms with Crippen LogP contribution in [0.3, 0.4) is 0 Å². The van der Waals surface area contributed by atoms with Crippen molar-refractivity contribution in [3.05, 3.63) is 58.7 Å². The van der Waals surface area contributed by atoms with Gasteiger partial charge < -0.3 is 9.52 Å².